The van der Waals surface area contributed by atoms with Crippen LogP contribution in [-0.4, -0.2) is 6.04 Å². The second kappa shape index (κ2) is 4.06. The van der Waals surface area contributed by atoms with E-state index in [-0.39, 0.29) is 0 Å². The van der Waals surface area contributed by atoms with Crippen LogP contribution in [-0.2, 0) is 0 Å². The fourth-order valence-corrected chi connectivity index (χ4v) is 3.07. The van der Waals surface area contributed by atoms with Crippen molar-refractivity contribution in [2.24, 2.45) is 11.8 Å². The largest absolute Gasteiger partial charge is 0.307 e. The number of benzene rings is 1. The summed E-state index contributed by atoms with van der Waals surface area (Å²) in [7, 11) is 0. The van der Waals surface area contributed by atoms with Gasteiger partial charge < -0.3 is 5.32 Å². The highest BCUT2D eigenvalue weighted by molar-refractivity contribution is 5.20. The highest BCUT2D eigenvalue weighted by Gasteiger charge is 2.41. The number of allylic oxidation sites excluding steroid dienone is 1. The quantitative estimate of drug-likeness (QED) is 0.760. The summed E-state index contributed by atoms with van der Waals surface area (Å²) in [6, 6.07) is 11.9. The van der Waals surface area contributed by atoms with Gasteiger partial charge in [-0.1, -0.05) is 42.5 Å². The van der Waals surface area contributed by atoms with Gasteiger partial charge in [-0.3, -0.25) is 0 Å². The third kappa shape index (κ3) is 1.69. The Hall–Kier alpha value is -1.08. The molecule has 1 fully saturated rings. The third-order valence-electron chi connectivity index (χ3n) is 4.13. The Bertz CT molecular complexity index is 382. The highest BCUT2D eigenvalue weighted by atomic mass is 15.0. The zero-order chi connectivity index (χ0) is 11.0. The molecule has 1 saturated carbocycles. The smallest absolute Gasteiger partial charge is 0.0294 e. The van der Waals surface area contributed by atoms with Crippen LogP contribution in [0.2, 0.25) is 0 Å². The summed E-state index contributed by atoms with van der Waals surface area (Å²) in [5, 5.41) is 3.75. The molecule has 0 radical (unpaired) electrons. The van der Waals surface area contributed by atoms with E-state index in [1.807, 2.05) is 0 Å². The zero-order valence-electron chi connectivity index (χ0n) is 9.77. The van der Waals surface area contributed by atoms with E-state index >= 15 is 0 Å². The molecular formula is C15H19N. The van der Waals surface area contributed by atoms with Crippen LogP contribution in [0, 0.1) is 11.8 Å². The molecular weight excluding hydrogens is 194 g/mol. The Morgan fingerprint density at radius 2 is 2.06 bits per heavy atom. The standard InChI is InChI=1S/C15H19N/c1-11(12-6-3-2-4-7-12)16-15-10-13-8-5-9-14(13)15/h2-7,9,11,13-16H,8,10H2,1H3/t11-,13?,14?,15?/m1/s1. The summed E-state index contributed by atoms with van der Waals surface area (Å²) in [4.78, 5) is 0. The summed E-state index contributed by atoms with van der Waals surface area (Å²) < 4.78 is 0. The minimum atomic E-state index is 0.473. The Labute approximate surface area is 97.6 Å². The van der Waals surface area contributed by atoms with Crippen LogP contribution in [0.3, 0.4) is 0 Å². The average molecular weight is 213 g/mol. The van der Waals surface area contributed by atoms with E-state index in [1.165, 1.54) is 18.4 Å². The van der Waals surface area contributed by atoms with Crippen LogP contribution in [0.4, 0.5) is 0 Å². The van der Waals surface area contributed by atoms with E-state index in [1.54, 1.807) is 0 Å². The fraction of sp³-hybridized carbons (Fsp3) is 0.467. The molecule has 3 rings (SSSR count). The van der Waals surface area contributed by atoms with Crippen molar-refractivity contribution in [2.45, 2.75) is 31.8 Å². The van der Waals surface area contributed by atoms with Gasteiger partial charge in [0, 0.05) is 12.1 Å². The maximum absolute atomic E-state index is 3.75. The van der Waals surface area contributed by atoms with Crippen LogP contribution in [0.1, 0.15) is 31.4 Å². The zero-order valence-corrected chi connectivity index (χ0v) is 9.77. The number of fused-ring (bicyclic) bond motifs is 1. The van der Waals surface area contributed by atoms with Gasteiger partial charge in [0.2, 0.25) is 0 Å². The molecule has 0 aliphatic heterocycles. The minimum Gasteiger partial charge on any atom is -0.307 e. The molecule has 2 aliphatic rings. The van der Waals surface area contributed by atoms with Gasteiger partial charge in [-0.2, -0.15) is 0 Å². The van der Waals surface area contributed by atoms with Crippen LogP contribution in [0.15, 0.2) is 42.5 Å². The van der Waals surface area contributed by atoms with E-state index in [9.17, 15) is 0 Å². The normalized spacial score (nSPS) is 33.2. The van der Waals surface area contributed by atoms with Crippen LogP contribution in [0.5, 0.6) is 0 Å². The lowest BCUT2D eigenvalue weighted by molar-refractivity contribution is 0.152. The van der Waals surface area contributed by atoms with Crippen molar-refractivity contribution in [3.05, 3.63) is 48.0 Å². The first-order valence-corrected chi connectivity index (χ1v) is 6.32. The molecule has 1 heteroatoms. The van der Waals surface area contributed by atoms with Gasteiger partial charge in [-0.05, 0) is 37.2 Å². The number of hydrogen-bond donors (Lipinski definition) is 1. The second-order valence-corrected chi connectivity index (χ2v) is 5.14. The molecule has 0 saturated heterocycles. The summed E-state index contributed by atoms with van der Waals surface area (Å²) in [6.07, 6.45) is 7.42. The molecule has 2 aliphatic carbocycles. The average Bonchev–Trinajstić information content (AvgIpc) is 2.68. The molecule has 0 bridgehead atoms. The lowest BCUT2D eigenvalue weighted by atomic mass is 9.71. The van der Waals surface area contributed by atoms with Gasteiger partial charge >= 0.3 is 0 Å². The molecule has 0 aromatic heterocycles. The monoisotopic (exact) mass is 213 g/mol. The molecule has 0 heterocycles. The topological polar surface area (TPSA) is 12.0 Å². The first-order valence-electron chi connectivity index (χ1n) is 6.32. The van der Waals surface area contributed by atoms with Crippen molar-refractivity contribution in [1.29, 1.82) is 0 Å². The maximum Gasteiger partial charge on any atom is 0.0294 e. The molecule has 16 heavy (non-hydrogen) atoms. The number of rotatable bonds is 3. The number of hydrogen-bond acceptors (Lipinski definition) is 1. The van der Waals surface area contributed by atoms with Gasteiger partial charge in [0.05, 0.1) is 0 Å². The first kappa shape index (κ1) is 10.1. The van der Waals surface area contributed by atoms with E-state index in [0.29, 0.717) is 12.1 Å². The van der Waals surface area contributed by atoms with Crippen molar-refractivity contribution in [2.75, 3.05) is 0 Å². The summed E-state index contributed by atoms with van der Waals surface area (Å²) in [6.45, 7) is 2.27. The van der Waals surface area contributed by atoms with E-state index in [2.05, 4.69) is 54.7 Å². The molecule has 1 aromatic rings. The van der Waals surface area contributed by atoms with Gasteiger partial charge in [-0.25, -0.2) is 0 Å². The van der Waals surface area contributed by atoms with Crippen LogP contribution in [0.25, 0.3) is 0 Å². The predicted octanol–water partition coefficient (Wildman–Crippen LogP) is 3.30. The van der Waals surface area contributed by atoms with Gasteiger partial charge in [0.15, 0.2) is 0 Å². The van der Waals surface area contributed by atoms with Crippen molar-refractivity contribution in [3.8, 4) is 0 Å². The van der Waals surface area contributed by atoms with E-state index in [0.717, 1.165) is 11.8 Å². The molecule has 1 aromatic carbocycles. The summed E-state index contributed by atoms with van der Waals surface area (Å²) >= 11 is 0. The second-order valence-electron chi connectivity index (χ2n) is 5.14. The fourth-order valence-electron chi connectivity index (χ4n) is 3.07. The minimum absolute atomic E-state index is 0.473. The molecule has 0 amide bonds. The van der Waals surface area contributed by atoms with Gasteiger partial charge in [0.1, 0.15) is 0 Å². The van der Waals surface area contributed by atoms with Gasteiger partial charge in [0.25, 0.3) is 0 Å². The van der Waals surface area contributed by atoms with E-state index < -0.39 is 0 Å². The Morgan fingerprint density at radius 1 is 1.25 bits per heavy atom. The first-order chi connectivity index (χ1) is 7.84. The summed E-state index contributed by atoms with van der Waals surface area (Å²) in [5.41, 5.74) is 1.40. The summed E-state index contributed by atoms with van der Waals surface area (Å²) in [5.74, 6) is 1.76. The van der Waals surface area contributed by atoms with Crippen molar-refractivity contribution < 1.29 is 0 Å². The van der Waals surface area contributed by atoms with Crippen molar-refractivity contribution in [3.63, 3.8) is 0 Å². The van der Waals surface area contributed by atoms with Crippen molar-refractivity contribution in [1.82, 2.24) is 5.32 Å². The third-order valence-corrected chi connectivity index (χ3v) is 4.13. The van der Waals surface area contributed by atoms with Gasteiger partial charge in [-0.15, -0.1) is 0 Å². The molecule has 84 valence electrons. The Balaban J connectivity index is 1.61. The highest BCUT2D eigenvalue weighted by Crippen LogP contribution is 2.43. The maximum atomic E-state index is 3.75. The SMILES string of the molecule is C[C@@H](NC1CC2CC=CC21)c1ccccc1. The predicted molar refractivity (Wildman–Crippen MR) is 67.1 cm³/mol. The Morgan fingerprint density at radius 3 is 2.81 bits per heavy atom. The molecule has 1 N–H and O–H groups in total. The lowest BCUT2D eigenvalue weighted by Gasteiger charge is -2.42. The van der Waals surface area contributed by atoms with Crippen molar-refractivity contribution >= 4 is 0 Å². The molecule has 0 spiro atoms. The lowest BCUT2D eigenvalue weighted by Crippen LogP contribution is -2.48. The molecule has 3 unspecified atom stereocenters. The van der Waals surface area contributed by atoms with Crippen LogP contribution >= 0.6 is 0 Å². The molecule has 1 nitrogen and oxygen atoms in total. The molecule has 4 atom stereocenters. The van der Waals surface area contributed by atoms with E-state index in [4.69, 9.17) is 0 Å². The van der Waals surface area contributed by atoms with Crippen LogP contribution < -0.4 is 5.32 Å². The number of nitrogens with one attached hydrogen (secondary N) is 1. The Kier molecular flexibility index (Phi) is 2.56.